The van der Waals surface area contributed by atoms with Gasteiger partial charge in [0.15, 0.2) is 0 Å². The van der Waals surface area contributed by atoms with E-state index in [9.17, 15) is 4.79 Å². The summed E-state index contributed by atoms with van der Waals surface area (Å²) in [4.78, 5) is 17.0. The van der Waals surface area contributed by atoms with E-state index in [1.54, 1.807) is 6.20 Å². The van der Waals surface area contributed by atoms with Crippen molar-refractivity contribution in [2.75, 3.05) is 5.32 Å². The predicted molar refractivity (Wildman–Crippen MR) is 95.6 cm³/mol. The van der Waals surface area contributed by atoms with E-state index >= 15 is 0 Å². The molecule has 1 aromatic heterocycles. The second-order valence-electron chi connectivity index (χ2n) is 6.37. The van der Waals surface area contributed by atoms with Crippen LogP contribution in [0.4, 0.5) is 5.69 Å². The lowest BCUT2D eigenvalue weighted by molar-refractivity contribution is -0.122. The molecule has 1 heterocycles. The van der Waals surface area contributed by atoms with Gasteiger partial charge in [-0.05, 0) is 54.0 Å². The Morgan fingerprint density at radius 3 is 2.92 bits per heavy atom. The number of pyridine rings is 1. The molecule has 1 aliphatic carbocycles. The minimum atomic E-state index is -0.970. The van der Waals surface area contributed by atoms with Crippen molar-refractivity contribution in [1.82, 2.24) is 4.98 Å². The van der Waals surface area contributed by atoms with Gasteiger partial charge in [-0.3, -0.25) is 9.78 Å². The van der Waals surface area contributed by atoms with Crippen LogP contribution < -0.4 is 11.1 Å². The Bertz CT molecular complexity index is 921. The quantitative estimate of drug-likeness (QED) is 0.761. The zero-order valence-electron chi connectivity index (χ0n) is 13.3. The van der Waals surface area contributed by atoms with Gasteiger partial charge in [0.2, 0.25) is 5.91 Å². The number of carbonyl (C=O) groups is 1. The van der Waals surface area contributed by atoms with Crippen LogP contribution in [0.15, 0.2) is 60.9 Å². The van der Waals surface area contributed by atoms with Crippen LogP contribution in [0.2, 0.25) is 0 Å². The van der Waals surface area contributed by atoms with E-state index < -0.39 is 5.54 Å². The van der Waals surface area contributed by atoms with Crippen molar-refractivity contribution in [2.45, 2.75) is 24.8 Å². The number of aryl methyl sites for hydroxylation is 1. The Morgan fingerprint density at radius 1 is 1.12 bits per heavy atom. The van der Waals surface area contributed by atoms with Gasteiger partial charge in [0.05, 0.1) is 0 Å². The van der Waals surface area contributed by atoms with Crippen LogP contribution in [0.25, 0.3) is 10.8 Å². The highest BCUT2D eigenvalue weighted by molar-refractivity contribution is 6.00. The molecule has 3 aromatic rings. The number of rotatable bonds is 2. The van der Waals surface area contributed by atoms with Crippen molar-refractivity contribution in [3.63, 3.8) is 0 Å². The van der Waals surface area contributed by atoms with Gasteiger partial charge in [0, 0.05) is 23.5 Å². The van der Waals surface area contributed by atoms with Gasteiger partial charge in [-0.25, -0.2) is 0 Å². The number of fused-ring (bicyclic) bond motifs is 2. The maximum absolute atomic E-state index is 12.9. The highest BCUT2D eigenvalue weighted by atomic mass is 16.2. The van der Waals surface area contributed by atoms with E-state index in [1.165, 1.54) is 5.56 Å². The first-order valence-electron chi connectivity index (χ1n) is 8.19. The largest absolute Gasteiger partial charge is 0.324 e. The van der Waals surface area contributed by atoms with Crippen LogP contribution in [-0.4, -0.2) is 10.9 Å². The Labute approximate surface area is 140 Å². The smallest absolute Gasteiger partial charge is 0.249 e. The first-order chi connectivity index (χ1) is 11.7. The van der Waals surface area contributed by atoms with Crippen LogP contribution in [0, 0.1) is 0 Å². The molecule has 4 nitrogen and oxygen atoms in total. The van der Waals surface area contributed by atoms with Gasteiger partial charge < -0.3 is 11.1 Å². The summed E-state index contributed by atoms with van der Waals surface area (Å²) < 4.78 is 0. The predicted octanol–water partition coefficient (Wildman–Crippen LogP) is 3.36. The lowest BCUT2D eigenvalue weighted by Crippen LogP contribution is -2.50. The molecule has 0 spiro atoms. The number of nitrogens with zero attached hydrogens (tertiary/aromatic N) is 1. The number of nitrogens with two attached hydrogens (primary N) is 1. The van der Waals surface area contributed by atoms with Crippen LogP contribution in [-0.2, 0) is 16.8 Å². The van der Waals surface area contributed by atoms with Crippen molar-refractivity contribution < 1.29 is 4.79 Å². The van der Waals surface area contributed by atoms with Crippen LogP contribution in [0.3, 0.4) is 0 Å². The fourth-order valence-corrected chi connectivity index (χ4v) is 3.51. The molecule has 0 radical (unpaired) electrons. The molecule has 1 atom stereocenters. The molecular formula is C20H19N3O. The second-order valence-corrected chi connectivity index (χ2v) is 6.37. The van der Waals surface area contributed by atoms with Crippen molar-refractivity contribution >= 4 is 22.4 Å². The summed E-state index contributed by atoms with van der Waals surface area (Å²) in [5, 5.41) is 5.08. The molecular weight excluding hydrogens is 298 g/mol. The van der Waals surface area contributed by atoms with Crippen molar-refractivity contribution in [2.24, 2.45) is 5.73 Å². The molecule has 0 aliphatic heterocycles. The molecule has 3 N–H and O–H groups in total. The van der Waals surface area contributed by atoms with E-state index in [-0.39, 0.29) is 5.91 Å². The summed E-state index contributed by atoms with van der Waals surface area (Å²) in [5.41, 5.74) is 8.45. The summed E-state index contributed by atoms with van der Waals surface area (Å²) in [7, 11) is 0. The lowest BCUT2D eigenvalue weighted by Gasteiger charge is -2.34. The van der Waals surface area contributed by atoms with E-state index in [0.29, 0.717) is 6.42 Å². The summed E-state index contributed by atoms with van der Waals surface area (Å²) in [6.45, 7) is 0. The Kier molecular flexibility index (Phi) is 3.54. The van der Waals surface area contributed by atoms with E-state index in [0.717, 1.165) is 34.9 Å². The lowest BCUT2D eigenvalue weighted by atomic mass is 9.76. The highest BCUT2D eigenvalue weighted by Gasteiger charge is 2.39. The number of amides is 1. The molecule has 1 amide bonds. The molecule has 0 bridgehead atoms. The van der Waals surface area contributed by atoms with Gasteiger partial charge in [0.1, 0.15) is 5.54 Å². The topological polar surface area (TPSA) is 68.0 Å². The number of benzene rings is 2. The van der Waals surface area contributed by atoms with Gasteiger partial charge in [0.25, 0.3) is 0 Å². The Balaban J connectivity index is 1.66. The number of nitrogens with one attached hydrogen (secondary N) is 1. The average Bonchev–Trinajstić information content (AvgIpc) is 2.62. The van der Waals surface area contributed by atoms with Gasteiger partial charge >= 0.3 is 0 Å². The number of aromatic nitrogens is 1. The van der Waals surface area contributed by atoms with Gasteiger partial charge in [-0.2, -0.15) is 0 Å². The monoisotopic (exact) mass is 317 g/mol. The van der Waals surface area contributed by atoms with Crippen LogP contribution >= 0.6 is 0 Å². The van der Waals surface area contributed by atoms with E-state index in [4.69, 9.17) is 5.73 Å². The number of anilines is 1. The molecule has 4 heteroatoms. The van der Waals surface area contributed by atoms with Gasteiger partial charge in [-0.15, -0.1) is 0 Å². The molecule has 1 aliphatic rings. The Hall–Kier alpha value is -2.72. The molecule has 0 saturated heterocycles. The summed E-state index contributed by atoms with van der Waals surface area (Å²) in [6.07, 6.45) is 6.11. The first kappa shape index (κ1) is 14.8. The maximum atomic E-state index is 12.9. The fraction of sp³-hybridized carbons (Fsp3) is 0.200. The number of hydrogen-bond donors (Lipinski definition) is 2. The highest BCUT2D eigenvalue weighted by Crippen LogP contribution is 2.34. The third kappa shape index (κ3) is 2.45. The molecule has 1 unspecified atom stereocenters. The van der Waals surface area contributed by atoms with E-state index in [2.05, 4.69) is 16.4 Å². The average molecular weight is 317 g/mol. The molecule has 24 heavy (non-hydrogen) atoms. The zero-order valence-corrected chi connectivity index (χ0v) is 13.3. The minimum absolute atomic E-state index is 0.150. The zero-order chi connectivity index (χ0) is 16.6. The summed E-state index contributed by atoms with van der Waals surface area (Å²) >= 11 is 0. The van der Waals surface area contributed by atoms with Crippen LogP contribution in [0.1, 0.15) is 24.0 Å². The third-order valence-electron chi connectivity index (χ3n) is 4.82. The van der Waals surface area contributed by atoms with E-state index in [1.807, 2.05) is 48.7 Å². The maximum Gasteiger partial charge on any atom is 0.249 e. The minimum Gasteiger partial charge on any atom is -0.324 e. The van der Waals surface area contributed by atoms with Crippen molar-refractivity contribution in [3.05, 3.63) is 72.1 Å². The first-order valence-corrected chi connectivity index (χ1v) is 8.19. The molecule has 2 aromatic carbocycles. The SMILES string of the molecule is NC1(C(=O)Nc2ccc3cnccc3c2)CCCc2ccccc21. The third-order valence-corrected chi connectivity index (χ3v) is 4.82. The standard InChI is InChI=1S/C20H19N3O/c21-20(10-3-5-14-4-1-2-6-18(14)20)19(24)23-17-8-7-16-13-22-11-9-15(16)12-17/h1-2,4,6-9,11-13H,3,5,10,21H2,(H,23,24). The van der Waals surface area contributed by atoms with Crippen molar-refractivity contribution in [1.29, 1.82) is 0 Å². The molecule has 120 valence electrons. The van der Waals surface area contributed by atoms with Crippen LogP contribution in [0.5, 0.6) is 0 Å². The van der Waals surface area contributed by atoms with Gasteiger partial charge in [-0.1, -0.05) is 30.3 Å². The molecule has 4 rings (SSSR count). The summed E-state index contributed by atoms with van der Waals surface area (Å²) in [5.74, 6) is -0.150. The normalized spacial score (nSPS) is 19.7. The summed E-state index contributed by atoms with van der Waals surface area (Å²) in [6, 6.07) is 15.7. The number of hydrogen-bond acceptors (Lipinski definition) is 3. The molecule has 0 fully saturated rings. The Morgan fingerprint density at radius 2 is 2.00 bits per heavy atom. The molecule has 0 saturated carbocycles. The number of carbonyl (C=O) groups excluding carboxylic acids is 1. The fourth-order valence-electron chi connectivity index (χ4n) is 3.51. The van der Waals surface area contributed by atoms with Crippen molar-refractivity contribution in [3.8, 4) is 0 Å². The second kappa shape index (κ2) is 5.73.